The lowest BCUT2D eigenvalue weighted by Crippen LogP contribution is -1.90. The third-order valence-corrected chi connectivity index (χ3v) is 3.13. The number of fused-ring (bicyclic) bond motifs is 1. The zero-order valence-corrected chi connectivity index (χ0v) is 11.2. The van der Waals surface area contributed by atoms with Gasteiger partial charge in [-0.15, -0.1) is 0 Å². The number of methoxy groups -OCH3 is 1. The molecule has 0 spiro atoms. The van der Waals surface area contributed by atoms with Crippen LogP contribution in [0.3, 0.4) is 0 Å². The molecule has 3 rings (SSSR count). The number of rotatable bonds is 3. The number of para-hydroxylation sites is 1. The van der Waals surface area contributed by atoms with Crippen LogP contribution in [0.5, 0.6) is 5.75 Å². The lowest BCUT2D eigenvalue weighted by atomic mass is 10.1. The standard InChI is InChI=1S/C16H13NO3/c1-10(18)11-7-8-15-13(9-11)17-16(20-15)12-5-3-4-6-14(12)19-2/h3-9H,1-2H3. The summed E-state index contributed by atoms with van der Waals surface area (Å²) in [5.74, 6) is 1.19. The first-order chi connectivity index (χ1) is 9.69. The maximum Gasteiger partial charge on any atom is 0.231 e. The second-order valence-electron chi connectivity index (χ2n) is 4.46. The smallest absolute Gasteiger partial charge is 0.231 e. The van der Waals surface area contributed by atoms with Crippen LogP contribution in [-0.2, 0) is 0 Å². The normalized spacial score (nSPS) is 10.7. The molecule has 0 aliphatic heterocycles. The van der Waals surface area contributed by atoms with Gasteiger partial charge in [-0.25, -0.2) is 4.98 Å². The third kappa shape index (κ3) is 2.05. The molecule has 4 heteroatoms. The van der Waals surface area contributed by atoms with E-state index in [0.717, 1.165) is 5.56 Å². The van der Waals surface area contributed by atoms with E-state index < -0.39 is 0 Å². The molecular weight excluding hydrogens is 254 g/mol. The molecule has 20 heavy (non-hydrogen) atoms. The zero-order chi connectivity index (χ0) is 14.1. The Kier molecular flexibility index (Phi) is 2.99. The summed E-state index contributed by atoms with van der Waals surface area (Å²) in [6.07, 6.45) is 0. The highest BCUT2D eigenvalue weighted by Gasteiger charge is 2.13. The predicted molar refractivity (Wildman–Crippen MR) is 76.0 cm³/mol. The highest BCUT2D eigenvalue weighted by molar-refractivity contribution is 5.97. The molecule has 0 bridgehead atoms. The van der Waals surface area contributed by atoms with E-state index in [0.29, 0.717) is 28.3 Å². The largest absolute Gasteiger partial charge is 0.496 e. The lowest BCUT2D eigenvalue weighted by Gasteiger charge is -2.03. The Morgan fingerprint density at radius 1 is 1.20 bits per heavy atom. The van der Waals surface area contributed by atoms with E-state index in [1.54, 1.807) is 25.3 Å². The Hall–Kier alpha value is -2.62. The van der Waals surface area contributed by atoms with Crippen molar-refractivity contribution in [3.05, 3.63) is 48.0 Å². The summed E-state index contributed by atoms with van der Waals surface area (Å²) in [6, 6.07) is 12.8. The average molecular weight is 267 g/mol. The van der Waals surface area contributed by atoms with E-state index in [1.165, 1.54) is 6.92 Å². The van der Waals surface area contributed by atoms with Crippen LogP contribution in [0.1, 0.15) is 17.3 Å². The van der Waals surface area contributed by atoms with Crippen LogP contribution in [0.25, 0.3) is 22.6 Å². The van der Waals surface area contributed by atoms with E-state index in [9.17, 15) is 4.79 Å². The third-order valence-electron chi connectivity index (χ3n) is 3.13. The molecule has 0 atom stereocenters. The maximum absolute atomic E-state index is 11.4. The molecule has 0 aliphatic rings. The Morgan fingerprint density at radius 3 is 2.75 bits per heavy atom. The van der Waals surface area contributed by atoms with Gasteiger partial charge in [0.25, 0.3) is 0 Å². The maximum atomic E-state index is 11.4. The van der Waals surface area contributed by atoms with Gasteiger partial charge in [-0.05, 0) is 37.3 Å². The monoisotopic (exact) mass is 267 g/mol. The van der Waals surface area contributed by atoms with Gasteiger partial charge < -0.3 is 9.15 Å². The van der Waals surface area contributed by atoms with Crippen molar-refractivity contribution in [1.29, 1.82) is 0 Å². The molecule has 0 saturated carbocycles. The number of hydrogen-bond donors (Lipinski definition) is 0. The molecule has 1 heterocycles. The zero-order valence-electron chi connectivity index (χ0n) is 11.2. The van der Waals surface area contributed by atoms with Crippen LogP contribution in [0.2, 0.25) is 0 Å². The molecule has 0 unspecified atom stereocenters. The molecule has 0 fully saturated rings. The van der Waals surface area contributed by atoms with Crippen LogP contribution in [0.4, 0.5) is 0 Å². The first-order valence-electron chi connectivity index (χ1n) is 6.24. The lowest BCUT2D eigenvalue weighted by molar-refractivity contribution is 0.101. The van der Waals surface area contributed by atoms with E-state index >= 15 is 0 Å². The summed E-state index contributed by atoms with van der Waals surface area (Å²) in [5, 5.41) is 0. The molecule has 0 radical (unpaired) electrons. The molecule has 1 aromatic heterocycles. The van der Waals surface area contributed by atoms with Gasteiger partial charge >= 0.3 is 0 Å². The minimum atomic E-state index is 0.00809. The SMILES string of the molecule is COc1ccccc1-c1nc2cc(C(C)=O)ccc2o1. The Balaban J connectivity index is 2.15. The van der Waals surface area contributed by atoms with Crippen molar-refractivity contribution in [2.75, 3.05) is 7.11 Å². The molecule has 0 amide bonds. The predicted octanol–water partition coefficient (Wildman–Crippen LogP) is 3.71. The van der Waals surface area contributed by atoms with Crippen LogP contribution in [0, 0.1) is 0 Å². The van der Waals surface area contributed by atoms with Gasteiger partial charge in [0, 0.05) is 5.56 Å². The molecular formula is C16H13NO3. The molecule has 100 valence electrons. The fraction of sp³-hybridized carbons (Fsp3) is 0.125. The average Bonchev–Trinajstić information content (AvgIpc) is 2.89. The van der Waals surface area contributed by atoms with Gasteiger partial charge in [0.15, 0.2) is 11.4 Å². The van der Waals surface area contributed by atoms with Gasteiger partial charge in [-0.2, -0.15) is 0 Å². The fourth-order valence-corrected chi connectivity index (χ4v) is 2.08. The summed E-state index contributed by atoms with van der Waals surface area (Å²) in [5.41, 5.74) is 2.72. The summed E-state index contributed by atoms with van der Waals surface area (Å²) < 4.78 is 11.0. The first-order valence-corrected chi connectivity index (χ1v) is 6.24. The van der Waals surface area contributed by atoms with Gasteiger partial charge in [-0.3, -0.25) is 4.79 Å². The van der Waals surface area contributed by atoms with E-state index in [1.807, 2.05) is 24.3 Å². The van der Waals surface area contributed by atoms with Crippen LogP contribution in [0.15, 0.2) is 46.9 Å². The van der Waals surface area contributed by atoms with E-state index in [4.69, 9.17) is 9.15 Å². The topological polar surface area (TPSA) is 52.3 Å². The van der Waals surface area contributed by atoms with Crippen LogP contribution < -0.4 is 4.74 Å². The summed E-state index contributed by atoms with van der Waals surface area (Å²) in [7, 11) is 1.61. The van der Waals surface area contributed by atoms with Gasteiger partial charge in [0.05, 0.1) is 12.7 Å². The summed E-state index contributed by atoms with van der Waals surface area (Å²) in [4.78, 5) is 15.8. The highest BCUT2D eigenvalue weighted by Crippen LogP contribution is 2.31. The van der Waals surface area contributed by atoms with Crippen molar-refractivity contribution in [3.63, 3.8) is 0 Å². The van der Waals surface area contributed by atoms with Gasteiger partial charge in [0.1, 0.15) is 11.3 Å². The molecule has 0 N–H and O–H groups in total. The first kappa shape index (κ1) is 12.4. The second kappa shape index (κ2) is 4.81. The van der Waals surface area contributed by atoms with Crippen molar-refractivity contribution in [1.82, 2.24) is 4.98 Å². The second-order valence-corrected chi connectivity index (χ2v) is 4.46. The van der Waals surface area contributed by atoms with E-state index in [-0.39, 0.29) is 5.78 Å². The number of carbonyl (C=O) groups excluding carboxylic acids is 1. The van der Waals surface area contributed by atoms with Crippen LogP contribution in [-0.4, -0.2) is 17.9 Å². The quantitative estimate of drug-likeness (QED) is 0.679. The molecule has 0 aliphatic carbocycles. The van der Waals surface area contributed by atoms with Crippen molar-refractivity contribution in [2.45, 2.75) is 6.92 Å². The molecule has 3 aromatic rings. The van der Waals surface area contributed by atoms with Gasteiger partial charge in [0.2, 0.25) is 5.89 Å². The number of Topliss-reactive ketones (excluding diaryl/α,β-unsaturated/α-hetero) is 1. The Morgan fingerprint density at radius 2 is 2.00 bits per heavy atom. The molecule has 2 aromatic carbocycles. The van der Waals surface area contributed by atoms with Crippen molar-refractivity contribution < 1.29 is 13.9 Å². The minimum Gasteiger partial charge on any atom is -0.496 e. The molecule has 0 saturated heterocycles. The number of ether oxygens (including phenoxy) is 1. The number of ketones is 1. The van der Waals surface area contributed by atoms with Crippen molar-refractivity contribution in [3.8, 4) is 17.2 Å². The Labute approximate surface area is 116 Å². The van der Waals surface area contributed by atoms with Crippen molar-refractivity contribution >= 4 is 16.9 Å². The number of oxazole rings is 1. The number of nitrogens with zero attached hydrogens (tertiary/aromatic N) is 1. The van der Waals surface area contributed by atoms with Crippen molar-refractivity contribution in [2.24, 2.45) is 0 Å². The van der Waals surface area contributed by atoms with E-state index in [2.05, 4.69) is 4.98 Å². The highest BCUT2D eigenvalue weighted by atomic mass is 16.5. The van der Waals surface area contributed by atoms with Gasteiger partial charge in [-0.1, -0.05) is 12.1 Å². The fourth-order valence-electron chi connectivity index (χ4n) is 2.08. The Bertz CT molecular complexity index is 789. The minimum absolute atomic E-state index is 0.00809. The number of aromatic nitrogens is 1. The number of hydrogen-bond acceptors (Lipinski definition) is 4. The summed E-state index contributed by atoms with van der Waals surface area (Å²) in [6.45, 7) is 1.53. The summed E-state index contributed by atoms with van der Waals surface area (Å²) >= 11 is 0. The molecule has 4 nitrogen and oxygen atoms in total. The number of benzene rings is 2. The number of carbonyl (C=O) groups is 1. The van der Waals surface area contributed by atoms with Crippen LogP contribution >= 0.6 is 0 Å².